The zero-order valence-electron chi connectivity index (χ0n) is 13.4. The molecular weight excluding hydrogens is 321 g/mol. The molecule has 0 aliphatic carbocycles. The molecule has 2 aliphatic rings. The largest absolute Gasteiger partial charge is 0.484 e. The van der Waals surface area contributed by atoms with E-state index < -0.39 is 11.7 Å². The van der Waals surface area contributed by atoms with Gasteiger partial charge in [-0.15, -0.1) is 0 Å². The van der Waals surface area contributed by atoms with Gasteiger partial charge in [0.05, 0.1) is 5.56 Å². The van der Waals surface area contributed by atoms with Crippen molar-refractivity contribution in [3.05, 3.63) is 29.8 Å². The van der Waals surface area contributed by atoms with Crippen LogP contribution in [0.4, 0.5) is 13.2 Å². The summed E-state index contributed by atoms with van der Waals surface area (Å²) >= 11 is 0. The van der Waals surface area contributed by atoms with Crippen LogP contribution < -0.4 is 10.1 Å². The molecule has 0 unspecified atom stereocenters. The first-order valence-electron chi connectivity index (χ1n) is 8.17. The number of piperidine rings is 1. The minimum Gasteiger partial charge on any atom is -0.484 e. The molecular formula is C17H21F3N2O2. The normalized spacial score (nSPS) is 20.4. The van der Waals surface area contributed by atoms with Gasteiger partial charge in [-0.25, -0.2) is 0 Å². The molecule has 0 aromatic heterocycles. The van der Waals surface area contributed by atoms with Gasteiger partial charge >= 0.3 is 6.18 Å². The quantitative estimate of drug-likeness (QED) is 0.918. The predicted octanol–water partition coefficient (Wildman–Crippen LogP) is 2.69. The van der Waals surface area contributed by atoms with Crippen molar-refractivity contribution in [3.8, 4) is 5.75 Å². The molecule has 1 aromatic carbocycles. The van der Waals surface area contributed by atoms with Crippen molar-refractivity contribution >= 4 is 5.91 Å². The van der Waals surface area contributed by atoms with Crippen molar-refractivity contribution in [1.82, 2.24) is 10.2 Å². The summed E-state index contributed by atoms with van der Waals surface area (Å²) in [5, 5.41) is 3.38. The molecule has 0 radical (unpaired) electrons. The number of ether oxygens (including phenoxy) is 1. The molecule has 1 amide bonds. The van der Waals surface area contributed by atoms with Crippen molar-refractivity contribution in [1.29, 1.82) is 0 Å². The molecule has 0 bridgehead atoms. The van der Waals surface area contributed by atoms with Gasteiger partial charge in [0.2, 0.25) is 0 Å². The van der Waals surface area contributed by atoms with E-state index in [2.05, 4.69) is 5.32 Å². The minimum atomic E-state index is -4.37. The number of likely N-dealkylation sites (tertiary alicyclic amines) is 1. The summed E-state index contributed by atoms with van der Waals surface area (Å²) in [5.41, 5.74) is -0.391. The van der Waals surface area contributed by atoms with E-state index in [9.17, 15) is 18.0 Å². The zero-order valence-corrected chi connectivity index (χ0v) is 13.4. The molecule has 24 heavy (non-hydrogen) atoms. The zero-order chi connectivity index (χ0) is 17.2. The summed E-state index contributed by atoms with van der Waals surface area (Å²) in [6, 6.07) is 4.39. The van der Waals surface area contributed by atoms with Crippen LogP contribution in [0.3, 0.4) is 0 Å². The van der Waals surface area contributed by atoms with Gasteiger partial charge in [0.15, 0.2) is 6.61 Å². The Morgan fingerprint density at radius 2 is 1.83 bits per heavy atom. The molecule has 0 saturated carbocycles. The van der Waals surface area contributed by atoms with Crippen LogP contribution >= 0.6 is 0 Å². The number of rotatable bonds is 3. The number of alkyl halides is 3. The third-order valence-electron chi connectivity index (χ3n) is 5.05. The lowest BCUT2D eigenvalue weighted by Gasteiger charge is -2.38. The Labute approximate surface area is 139 Å². The molecule has 3 rings (SSSR count). The Bertz CT molecular complexity index is 570. The highest BCUT2D eigenvalue weighted by atomic mass is 19.4. The maximum absolute atomic E-state index is 12.5. The highest BCUT2D eigenvalue weighted by Gasteiger charge is 2.38. The fourth-order valence-corrected chi connectivity index (χ4v) is 3.43. The first-order valence-corrected chi connectivity index (χ1v) is 8.17. The van der Waals surface area contributed by atoms with Gasteiger partial charge in [0.25, 0.3) is 5.91 Å². The summed E-state index contributed by atoms with van der Waals surface area (Å²) in [6.45, 7) is 3.37. The van der Waals surface area contributed by atoms with Crippen molar-refractivity contribution in [2.45, 2.75) is 25.4 Å². The molecule has 1 aromatic rings. The molecule has 7 heteroatoms. The van der Waals surface area contributed by atoms with E-state index in [4.69, 9.17) is 4.74 Å². The van der Waals surface area contributed by atoms with Gasteiger partial charge in [0.1, 0.15) is 5.75 Å². The van der Waals surface area contributed by atoms with Crippen LogP contribution in [-0.2, 0) is 11.0 Å². The Morgan fingerprint density at radius 3 is 2.38 bits per heavy atom. The van der Waals surface area contributed by atoms with E-state index in [0.717, 1.165) is 57.6 Å². The van der Waals surface area contributed by atoms with Crippen LogP contribution in [0.15, 0.2) is 24.3 Å². The second-order valence-corrected chi connectivity index (χ2v) is 6.62. The molecule has 2 aliphatic heterocycles. The van der Waals surface area contributed by atoms with Crippen LogP contribution in [0, 0.1) is 5.41 Å². The van der Waals surface area contributed by atoms with Gasteiger partial charge in [0, 0.05) is 19.6 Å². The van der Waals surface area contributed by atoms with E-state index in [1.807, 2.05) is 0 Å². The van der Waals surface area contributed by atoms with Crippen LogP contribution in [-0.4, -0.2) is 43.6 Å². The Morgan fingerprint density at radius 1 is 1.17 bits per heavy atom. The van der Waals surface area contributed by atoms with E-state index in [0.29, 0.717) is 5.41 Å². The number of amides is 1. The lowest BCUT2D eigenvalue weighted by atomic mass is 9.78. The summed E-state index contributed by atoms with van der Waals surface area (Å²) in [7, 11) is 0. The molecule has 4 nitrogen and oxygen atoms in total. The lowest BCUT2D eigenvalue weighted by Crippen LogP contribution is -2.45. The first kappa shape index (κ1) is 17.1. The monoisotopic (exact) mass is 342 g/mol. The van der Waals surface area contributed by atoms with E-state index >= 15 is 0 Å². The second kappa shape index (κ2) is 6.63. The smallest absolute Gasteiger partial charge is 0.416 e. The van der Waals surface area contributed by atoms with Gasteiger partial charge < -0.3 is 15.0 Å². The number of benzene rings is 1. The van der Waals surface area contributed by atoms with Crippen LogP contribution in [0.25, 0.3) is 0 Å². The average Bonchev–Trinajstić information content (AvgIpc) is 3.01. The maximum atomic E-state index is 12.5. The number of carbonyl (C=O) groups is 1. The topological polar surface area (TPSA) is 41.6 Å². The average molecular weight is 342 g/mol. The van der Waals surface area contributed by atoms with E-state index in [1.165, 1.54) is 12.1 Å². The molecule has 1 spiro atoms. The number of hydrogen-bond donors (Lipinski definition) is 1. The maximum Gasteiger partial charge on any atom is 0.416 e. The fourth-order valence-electron chi connectivity index (χ4n) is 3.43. The lowest BCUT2D eigenvalue weighted by molar-refractivity contribution is -0.138. The van der Waals surface area contributed by atoms with Crippen molar-refractivity contribution in [2.24, 2.45) is 5.41 Å². The highest BCUT2D eigenvalue weighted by Crippen LogP contribution is 2.37. The standard InChI is InChI=1S/C17H21F3N2O2/c18-17(19,20)13-1-3-14(4-2-13)24-11-15(23)22-9-6-16(7-10-22)5-8-21-12-16/h1-4,21H,5-12H2. The van der Waals surface area contributed by atoms with Gasteiger partial charge in [-0.2, -0.15) is 13.2 Å². The molecule has 2 heterocycles. The number of nitrogens with zero attached hydrogens (tertiary/aromatic N) is 1. The summed E-state index contributed by atoms with van der Waals surface area (Å²) in [5.74, 6) is 0.153. The molecule has 1 N–H and O–H groups in total. The highest BCUT2D eigenvalue weighted by molar-refractivity contribution is 5.77. The van der Waals surface area contributed by atoms with Crippen LogP contribution in [0.5, 0.6) is 5.75 Å². The molecule has 132 valence electrons. The number of nitrogens with one attached hydrogen (secondary N) is 1. The van der Waals surface area contributed by atoms with Crippen LogP contribution in [0.2, 0.25) is 0 Å². The summed E-state index contributed by atoms with van der Waals surface area (Å²) in [4.78, 5) is 14.0. The Hall–Kier alpha value is -1.76. The third-order valence-corrected chi connectivity index (χ3v) is 5.05. The second-order valence-electron chi connectivity index (χ2n) is 6.62. The minimum absolute atomic E-state index is 0.115. The Balaban J connectivity index is 1.47. The fraction of sp³-hybridized carbons (Fsp3) is 0.588. The van der Waals surface area contributed by atoms with Crippen molar-refractivity contribution in [3.63, 3.8) is 0 Å². The summed E-state index contributed by atoms with van der Waals surface area (Å²) in [6.07, 6.45) is -1.22. The van der Waals surface area contributed by atoms with Gasteiger partial charge in [-0.3, -0.25) is 4.79 Å². The summed E-state index contributed by atoms with van der Waals surface area (Å²) < 4.78 is 42.8. The molecule has 0 atom stereocenters. The number of halogens is 3. The Kier molecular flexibility index (Phi) is 4.71. The third kappa shape index (κ3) is 3.83. The first-order chi connectivity index (χ1) is 11.4. The van der Waals surface area contributed by atoms with E-state index in [-0.39, 0.29) is 18.3 Å². The van der Waals surface area contributed by atoms with E-state index in [1.54, 1.807) is 4.90 Å². The van der Waals surface area contributed by atoms with Gasteiger partial charge in [-0.1, -0.05) is 0 Å². The van der Waals surface area contributed by atoms with Crippen molar-refractivity contribution < 1.29 is 22.7 Å². The number of carbonyl (C=O) groups excluding carboxylic acids is 1. The van der Waals surface area contributed by atoms with Gasteiger partial charge in [-0.05, 0) is 55.5 Å². The molecule has 2 saturated heterocycles. The predicted molar refractivity (Wildman–Crippen MR) is 82.7 cm³/mol. The van der Waals surface area contributed by atoms with Crippen LogP contribution in [0.1, 0.15) is 24.8 Å². The number of hydrogen-bond acceptors (Lipinski definition) is 3. The SMILES string of the molecule is O=C(COc1ccc(C(F)(F)F)cc1)N1CCC2(CCNC2)CC1. The van der Waals surface area contributed by atoms with Crippen molar-refractivity contribution in [2.75, 3.05) is 32.8 Å². The molecule has 2 fully saturated rings.